The lowest BCUT2D eigenvalue weighted by Gasteiger charge is -2.47. The fourth-order valence-electron chi connectivity index (χ4n) is 4.73. The minimum Gasteiger partial charge on any atom is -0.464 e. The van der Waals surface area contributed by atoms with Gasteiger partial charge in [0, 0.05) is 17.8 Å². The van der Waals surface area contributed by atoms with Gasteiger partial charge in [-0.3, -0.25) is 14.5 Å². The number of hydrogen-bond donors (Lipinski definition) is 0. The maximum atomic E-state index is 12.9. The van der Waals surface area contributed by atoms with Crippen LogP contribution in [0, 0.1) is 6.92 Å². The molecule has 0 spiro atoms. The highest BCUT2D eigenvalue weighted by Crippen LogP contribution is 2.45. The van der Waals surface area contributed by atoms with E-state index in [1.165, 1.54) is 18.2 Å². The third kappa shape index (κ3) is 4.25. The average molecular weight is 445 g/mol. The van der Waals surface area contributed by atoms with Gasteiger partial charge in [-0.05, 0) is 101 Å². The van der Waals surface area contributed by atoms with E-state index in [0.29, 0.717) is 10.8 Å². The van der Waals surface area contributed by atoms with Crippen molar-refractivity contribution in [1.29, 1.82) is 0 Å². The van der Waals surface area contributed by atoms with Crippen molar-refractivity contribution >= 4 is 40.6 Å². The summed E-state index contributed by atoms with van der Waals surface area (Å²) < 4.78 is 4.98. The number of carbonyl (C=O) groups is 3. The number of fused-ring (bicyclic) bond motifs is 1. The molecule has 31 heavy (non-hydrogen) atoms. The quantitative estimate of drug-likeness (QED) is 0.465. The van der Waals surface area contributed by atoms with E-state index >= 15 is 0 Å². The van der Waals surface area contributed by atoms with Crippen LogP contribution in [0.1, 0.15) is 70.6 Å². The Balaban J connectivity index is 1.96. The van der Waals surface area contributed by atoms with Crippen LogP contribution in [-0.2, 0) is 14.3 Å². The van der Waals surface area contributed by atoms with E-state index in [9.17, 15) is 14.4 Å². The fourth-order valence-corrected chi connectivity index (χ4v) is 5.63. The maximum absolute atomic E-state index is 12.9. The van der Waals surface area contributed by atoms with E-state index in [-0.39, 0.29) is 12.1 Å². The third-order valence-electron chi connectivity index (χ3n) is 6.21. The molecule has 2 aliphatic heterocycles. The van der Waals surface area contributed by atoms with Gasteiger partial charge in [-0.1, -0.05) is 6.92 Å². The first-order valence-electron chi connectivity index (χ1n) is 10.9. The van der Waals surface area contributed by atoms with E-state index in [1.54, 1.807) is 13.0 Å². The van der Waals surface area contributed by atoms with Gasteiger partial charge in [0.2, 0.25) is 0 Å². The lowest BCUT2D eigenvalue weighted by Crippen LogP contribution is -2.48. The molecule has 6 nitrogen and oxygen atoms in total. The Kier molecular flexibility index (Phi) is 6.56. The number of hydrogen-bond acceptors (Lipinski definition) is 6. The highest BCUT2D eigenvalue weighted by atomic mass is 32.2. The molecule has 1 fully saturated rings. The molecule has 1 saturated heterocycles. The largest absolute Gasteiger partial charge is 0.464 e. The molecule has 0 bridgehead atoms. The topological polar surface area (TPSA) is 66.9 Å². The van der Waals surface area contributed by atoms with Gasteiger partial charge in [-0.2, -0.15) is 0 Å². The number of rotatable bonds is 5. The molecule has 0 saturated carbocycles. The highest BCUT2D eigenvalue weighted by Gasteiger charge is 2.41. The number of esters is 1. The van der Waals surface area contributed by atoms with E-state index in [2.05, 4.69) is 44.7 Å². The summed E-state index contributed by atoms with van der Waals surface area (Å²) in [7, 11) is 0. The average Bonchev–Trinajstić information content (AvgIpc) is 2.95. The molecule has 2 heterocycles. The lowest BCUT2D eigenvalue weighted by atomic mass is 9.79. The monoisotopic (exact) mass is 444 g/mol. The summed E-state index contributed by atoms with van der Waals surface area (Å²) in [6.07, 6.45) is 2.82. The van der Waals surface area contributed by atoms with Crippen molar-refractivity contribution in [2.75, 3.05) is 18.1 Å². The molecule has 0 aliphatic carbocycles. The second-order valence-corrected chi connectivity index (χ2v) is 9.90. The SMILES string of the molecule is CCOC(=O)[C@H](C)N1C(=O)S/C(=C/c2cc3c(cc2C)N(CC)C(C)(C)C[C@@H]3C)C1=O. The minimum absolute atomic E-state index is 0.0843. The molecule has 0 N–H and O–H groups in total. The molecule has 7 heteroatoms. The van der Waals surface area contributed by atoms with Crippen LogP contribution in [0.25, 0.3) is 6.08 Å². The molecule has 0 radical (unpaired) electrons. The van der Waals surface area contributed by atoms with Gasteiger partial charge in [0.15, 0.2) is 0 Å². The Morgan fingerprint density at radius 3 is 2.61 bits per heavy atom. The molecule has 0 unspecified atom stereocenters. The van der Waals surface area contributed by atoms with Crippen LogP contribution in [0.5, 0.6) is 0 Å². The summed E-state index contributed by atoms with van der Waals surface area (Å²) in [6, 6.07) is 3.40. The third-order valence-corrected chi connectivity index (χ3v) is 7.10. The molecular formula is C24H32N2O4S. The van der Waals surface area contributed by atoms with Crippen LogP contribution in [0.15, 0.2) is 17.0 Å². The van der Waals surface area contributed by atoms with Gasteiger partial charge >= 0.3 is 5.97 Å². The van der Waals surface area contributed by atoms with Crippen LogP contribution < -0.4 is 4.90 Å². The Morgan fingerprint density at radius 1 is 1.32 bits per heavy atom. The number of ether oxygens (including phenoxy) is 1. The summed E-state index contributed by atoms with van der Waals surface area (Å²) in [6.45, 7) is 15.3. The smallest absolute Gasteiger partial charge is 0.329 e. The Labute approximate surface area is 189 Å². The van der Waals surface area contributed by atoms with Crippen LogP contribution >= 0.6 is 11.8 Å². The van der Waals surface area contributed by atoms with Crippen LogP contribution in [0.4, 0.5) is 10.5 Å². The molecule has 3 rings (SSSR count). The normalized spacial score (nSPS) is 22.7. The fraction of sp³-hybridized carbons (Fsp3) is 0.542. The molecule has 2 aliphatic rings. The number of carbonyl (C=O) groups excluding carboxylic acids is 3. The summed E-state index contributed by atoms with van der Waals surface area (Å²) in [5, 5.41) is -0.445. The van der Waals surface area contributed by atoms with Crippen molar-refractivity contribution < 1.29 is 19.1 Å². The standard InChI is InChI=1S/C24H32N2O4S/c1-8-25-19-10-14(3)17(11-18(19)15(4)13-24(25,6)7)12-20-21(27)26(23(29)31-20)16(5)22(28)30-9-2/h10-12,15-16H,8-9,13H2,1-7H3/b20-12+/t15-,16-/m0/s1. The first-order valence-corrected chi connectivity index (χ1v) is 11.7. The van der Waals surface area contributed by atoms with Gasteiger partial charge < -0.3 is 9.64 Å². The first-order chi connectivity index (χ1) is 14.5. The van der Waals surface area contributed by atoms with Gasteiger partial charge in [-0.25, -0.2) is 4.79 Å². The minimum atomic E-state index is -0.941. The number of aryl methyl sites for hydroxylation is 1. The number of imide groups is 1. The molecule has 168 valence electrons. The summed E-state index contributed by atoms with van der Waals surface area (Å²) in [5.74, 6) is -0.636. The number of thioether (sulfide) groups is 1. The molecule has 2 atom stereocenters. The number of amides is 2. The van der Waals surface area contributed by atoms with Gasteiger partial charge in [0.25, 0.3) is 11.1 Å². The maximum Gasteiger partial charge on any atom is 0.329 e. The molecule has 2 amide bonds. The van der Waals surface area contributed by atoms with Crippen molar-refractivity contribution in [2.24, 2.45) is 0 Å². The summed E-state index contributed by atoms with van der Waals surface area (Å²) in [5.41, 5.74) is 4.56. The molecule has 0 aromatic heterocycles. The number of benzene rings is 1. The Morgan fingerprint density at radius 2 is 2.00 bits per heavy atom. The van der Waals surface area contributed by atoms with Gasteiger partial charge in [-0.15, -0.1) is 0 Å². The van der Waals surface area contributed by atoms with Gasteiger partial charge in [0.05, 0.1) is 11.5 Å². The molecule has 1 aromatic rings. The van der Waals surface area contributed by atoms with E-state index in [4.69, 9.17) is 4.74 Å². The number of anilines is 1. The van der Waals surface area contributed by atoms with Crippen molar-refractivity contribution in [3.63, 3.8) is 0 Å². The first kappa shape index (κ1) is 23.4. The molecule has 1 aromatic carbocycles. The van der Waals surface area contributed by atoms with Crippen molar-refractivity contribution in [3.8, 4) is 0 Å². The summed E-state index contributed by atoms with van der Waals surface area (Å²) >= 11 is 0.873. The zero-order valence-electron chi connectivity index (χ0n) is 19.4. The summed E-state index contributed by atoms with van der Waals surface area (Å²) in [4.78, 5) is 41.2. The van der Waals surface area contributed by atoms with E-state index < -0.39 is 23.2 Å². The van der Waals surface area contributed by atoms with Crippen LogP contribution in [0.3, 0.4) is 0 Å². The predicted molar refractivity (Wildman–Crippen MR) is 125 cm³/mol. The van der Waals surface area contributed by atoms with Crippen LogP contribution in [-0.4, -0.2) is 46.7 Å². The van der Waals surface area contributed by atoms with E-state index in [1.807, 2.05) is 6.92 Å². The lowest BCUT2D eigenvalue weighted by molar-refractivity contribution is -0.150. The van der Waals surface area contributed by atoms with E-state index in [0.717, 1.165) is 40.8 Å². The Bertz CT molecular complexity index is 953. The number of nitrogens with zero attached hydrogens (tertiary/aromatic N) is 2. The zero-order valence-corrected chi connectivity index (χ0v) is 20.3. The second kappa shape index (κ2) is 8.69. The van der Waals surface area contributed by atoms with Crippen LogP contribution in [0.2, 0.25) is 0 Å². The zero-order chi connectivity index (χ0) is 23.1. The Hall–Kier alpha value is -2.28. The van der Waals surface area contributed by atoms with Gasteiger partial charge in [0.1, 0.15) is 6.04 Å². The predicted octanol–water partition coefficient (Wildman–Crippen LogP) is 5.10. The second-order valence-electron chi connectivity index (χ2n) is 8.91. The molecular weight excluding hydrogens is 412 g/mol. The van der Waals surface area contributed by atoms with Crippen molar-refractivity contribution in [1.82, 2.24) is 4.90 Å². The van der Waals surface area contributed by atoms with Crippen molar-refractivity contribution in [3.05, 3.63) is 33.7 Å². The van der Waals surface area contributed by atoms with Crippen molar-refractivity contribution in [2.45, 2.75) is 72.4 Å². The highest BCUT2D eigenvalue weighted by molar-refractivity contribution is 8.18.